The van der Waals surface area contributed by atoms with E-state index in [2.05, 4.69) is 31.2 Å². The van der Waals surface area contributed by atoms with E-state index >= 15 is 0 Å². The van der Waals surface area contributed by atoms with Crippen LogP contribution in [-0.4, -0.2) is 0 Å². The lowest BCUT2D eigenvalue weighted by atomic mass is 9.60. The third-order valence-electron chi connectivity index (χ3n) is 10.3. The minimum atomic E-state index is 0.0176. The van der Waals surface area contributed by atoms with Crippen molar-refractivity contribution in [3.8, 4) is 0 Å². The Hall–Kier alpha value is -1.11. The first-order valence-corrected chi connectivity index (χ1v) is 15.6. The molecule has 0 N–H and O–H groups in total. The second-order valence-corrected chi connectivity index (χ2v) is 12.5. The van der Waals surface area contributed by atoms with Crippen molar-refractivity contribution in [2.24, 2.45) is 29.6 Å². The van der Waals surface area contributed by atoms with Crippen LogP contribution in [0.2, 0.25) is 0 Å². The third kappa shape index (κ3) is 7.69. The van der Waals surface area contributed by atoms with Crippen LogP contribution < -0.4 is 0 Å². The Bertz CT molecular complexity index is 771. The second-order valence-electron chi connectivity index (χ2n) is 12.5. The van der Waals surface area contributed by atoms with Crippen LogP contribution in [0, 0.1) is 35.4 Å². The number of hydrogen-bond donors (Lipinski definition) is 0. The number of allylic oxidation sites excluding steroid dienone is 2. The van der Waals surface area contributed by atoms with Gasteiger partial charge in [-0.1, -0.05) is 76.2 Å². The molecule has 0 spiro atoms. The molecule has 4 rings (SSSR count). The third-order valence-corrected chi connectivity index (χ3v) is 10.3. The van der Waals surface area contributed by atoms with E-state index in [0.717, 1.165) is 48.0 Å². The lowest BCUT2D eigenvalue weighted by Crippen LogP contribution is -2.34. The second kappa shape index (κ2) is 14.0. The monoisotopic (exact) mass is 480 g/mol. The highest BCUT2D eigenvalue weighted by atomic mass is 19.1. The molecular weight excluding hydrogens is 427 g/mol. The Labute approximate surface area is 216 Å². The van der Waals surface area contributed by atoms with Gasteiger partial charge in [0, 0.05) is 0 Å². The fourth-order valence-electron chi connectivity index (χ4n) is 8.10. The number of unbranched alkanes of at least 4 members (excludes halogenated alkanes) is 4. The quantitative estimate of drug-likeness (QED) is 0.218. The van der Waals surface area contributed by atoms with Crippen LogP contribution in [0.15, 0.2) is 30.4 Å². The Morgan fingerprint density at radius 3 is 2.23 bits per heavy atom. The van der Waals surface area contributed by atoms with E-state index in [4.69, 9.17) is 0 Å². The molecule has 0 heterocycles. The van der Waals surface area contributed by atoms with E-state index in [1.807, 2.05) is 13.0 Å². The van der Waals surface area contributed by atoms with Crippen molar-refractivity contribution in [3.63, 3.8) is 0 Å². The molecule has 3 aliphatic rings. The molecule has 0 amide bonds. The zero-order chi connectivity index (χ0) is 24.5. The fraction of sp³-hybridized carbons (Fsp3) is 0.765. The number of halogens is 1. The predicted molar refractivity (Wildman–Crippen MR) is 149 cm³/mol. The Kier molecular flexibility index (Phi) is 10.8. The summed E-state index contributed by atoms with van der Waals surface area (Å²) in [6.07, 6.45) is 29.0. The maximum Gasteiger partial charge on any atom is 0.126 e. The van der Waals surface area contributed by atoms with Crippen molar-refractivity contribution in [2.45, 2.75) is 135 Å². The SMILES string of the molecule is C/C=C/CCc1ccc(C2CCC(C3CCC4CC(CCCCCCC)CCC4C3)CC2)cc1F. The summed E-state index contributed by atoms with van der Waals surface area (Å²) < 4.78 is 14.7. The molecule has 3 aliphatic carbocycles. The molecule has 0 bridgehead atoms. The average Bonchev–Trinajstić information content (AvgIpc) is 2.89. The van der Waals surface area contributed by atoms with E-state index in [0.29, 0.717) is 5.92 Å². The van der Waals surface area contributed by atoms with E-state index in [1.165, 1.54) is 102 Å². The normalized spacial score (nSPS) is 31.5. The van der Waals surface area contributed by atoms with Gasteiger partial charge >= 0.3 is 0 Å². The van der Waals surface area contributed by atoms with Gasteiger partial charge in [-0.15, -0.1) is 0 Å². The lowest BCUT2D eigenvalue weighted by molar-refractivity contribution is 0.0613. The number of aryl methyl sites for hydroxylation is 1. The first-order chi connectivity index (χ1) is 17.2. The van der Waals surface area contributed by atoms with Crippen LogP contribution in [0.25, 0.3) is 0 Å². The van der Waals surface area contributed by atoms with Crippen LogP contribution in [0.3, 0.4) is 0 Å². The van der Waals surface area contributed by atoms with Crippen molar-refractivity contribution >= 4 is 0 Å². The smallest absolute Gasteiger partial charge is 0.126 e. The molecule has 0 aliphatic heterocycles. The molecule has 3 fully saturated rings. The summed E-state index contributed by atoms with van der Waals surface area (Å²) in [5.74, 6) is 5.64. The minimum Gasteiger partial charge on any atom is -0.207 e. The average molecular weight is 481 g/mol. The molecule has 0 radical (unpaired) electrons. The molecule has 1 aromatic carbocycles. The van der Waals surface area contributed by atoms with E-state index < -0.39 is 0 Å². The minimum absolute atomic E-state index is 0.0176. The van der Waals surface area contributed by atoms with Gasteiger partial charge in [0.25, 0.3) is 0 Å². The molecule has 0 nitrogen and oxygen atoms in total. The van der Waals surface area contributed by atoms with Crippen LogP contribution >= 0.6 is 0 Å². The predicted octanol–water partition coefficient (Wildman–Crippen LogP) is 10.8. The van der Waals surface area contributed by atoms with Crippen molar-refractivity contribution in [1.29, 1.82) is 0 Å². The maximum absolute atomic E-state index is 14.7. The maximum atomic E-state index is 14.7. The summed E-state index contributed by atoms with van der Waals surface area (Å²) >= 11 is 0. The summed E-state index contributed by atoms with van der Waals surface area (Å²) in [5, 5.41) is 0. The van der Waals surface area contributed by atoms with Crippen LogP contribution in [0.5, 0.6) is 0 Å². The van der Waals surface area contributed by atoms with Gasteiger partial charge in [0.2, 0.25) is 0 Å². The summed E-state index contributed by atoms with van der Waals surface area (Å²) in [7, 11) is 0. The molecule has 0 aromatic heterocycles. The topological polar surface area (TPSA) is 0 Å². The summed E-state index contributed by atoms with van der Waals surface area (Å²) in [4.78, 5) is 0. The lowest BCUT2D eigenvalue weighted by Gasteiger charge is -2.45. The fourth-order valence-corrected chi connectivity index (χ4v) is 8.10. The zero-order valence-corrected chi connectivity index (χ0v) is 23.0. The number of hydrogen-bond acceptors (Lipinski definition) is 0. The van der Waals surface area contributed by atoms with Crippen LogP contribution in [0.4, 0.5) is 4.39 Å². The van der Waals surface area contributed by atoms with E-state index in [-0.39, 0.29) is 5.82 Å². The van der Waals surface area contributed by atoms with Crippen molar-refractivity contribution < 1.29 is 4.39 Å². The largest absolute Gasteiger partial charge is 0.207 e. The highest BCUT2D eigenvalue weighted by Crippen LogP contribution is 2.50. The molecule has 1 aromatic rings. The molecule has 4 unspecified atom stereocenters. The highest BCUT2D eigenvalue weighted by Gasteiger charge is 2.38. The van der Waals surface area contributed by atoms with Crippen molar-refractivity contribution in [3.05, 3.63) is 47.3 Å². The van der Waals surface area contributed by atoms with Gasteiger partial charge in [-0.05, 0) is 130 Å². The van der Waals surface area contributed by atoms with Gasteiger partial charge in [0.05, 0.1) is 0 Å². The molecular formula is C34H53F. The van der Waals surface area contributed by atoms with Gasteiger partial charge in [0.15, 0.2) is 0 Å². The number of rotatable bonds is 11. The molecule has 196 valence electrons. The van der Waals surface area contributed by atoms with Crippen LogP contribution in [-0.2, 0) is 6.42 Å². The first kappa shape index (κ1) is 26.9. The molecule has 35 heavy (non-hydrogen) atoms. The standard InChI is InChI=1S/C34H53F/c1-3-5-7-8-10-11-26-13-14-32-24-31(22-21-30(32)23-26)27-15-17-28(18-16-27)33-20-19-29(34(35)25-33)12-9-6-4-2/h4,6,19-20,25-28,30-32H,3,5,7-18,21-24H2,1-2H3/b6-4+. The number of fused-ring (bicyclic) bond motifs is 1. The molecule has 3 saturated carbocycles. The van der Waals surface area contributed by atoms with Gasteiger partial charge in [0.1, 0.15) is 5.82 Å². The van der Waals surface area contributed by atoms with Gasteiger partial charge < -0.3 is 0 Å². The highest BCUT2D eigenvalue weighted by molar-refractivity contribution is 5.28. The van der Waals surface area contributed by atoms with E-state index in [9.17, 15) is 4.39 Å². The summed E-state index contributed by atoms with van der Waals surface area (Å²) in [6.45, 7) is 4.35. The Morgan fingerprint density at radius 2 is 1.49 bits per heavy atom. The molecule has 1 heteroatoms. The molecule has 4 atom stereocenters. The van der Waals surface area contributed by atoms with Gasteiger partial charge in [-0.3, -0.25) is 0 Å². The molecule has 0 saturated heterocycles. The zero-order valence-electron chi connectivity index (χ0n) is 23.0. The Morgan fingerprint density at radius 1 is 0.800 bits per heavy atom. The Balaban J connectivity index is 1.19. The first-order valence-electron chi connectivity index (χ1n) is 15.6. The summed E-state index contributed by atoms with van der Waals surface area (Å²) in [5.41, 5.74) is 2.14. The van der Waals surface area contributed by atoms with Crippen molar-refractivity contribution in [2.75, 3.05) is 0 Å². The van der Waals surface area contributed by atoms with E-state index in [1.54, 1.807) is 6.42 Å². The van der Waals surface area contributed by atoms with Gasteiger partial charge in [-0.2, -0.15) is 0 Å². The number of benzene rings is 1. The van der Waals surface area contributed by atoms with Crippen LogP contribution in [0.1, 0.15) is 140 Å². The van der Waals surface area contributed by atoms with Crippen molar-refractivity contribution in [1.82, 2.24) is 0 Å². The summed E-state index contributed by atoms with van der Waals surface area (Å²) in [6, 6.07) is 6.15. The van der Waals surface area contributed by atoms with Gasteiger partial charge in [-0.25, -0.2) is 4.39 Å².